The predicted molar refractivity (Wildman–Crippen MR) is 72.6 cm³/mol. The lowest BCUT2D eigenvalue weighted by Gasteiger charge is -2.26. The smallest absolute Gasteiger partial charge is 0.224 e. The van der Waals surface area contributed by atoms with Crippen LogP contribution in [0.1, 0.15) is 12.5 Å². The number of thioether (sulfide) groups is 1. The van der Waals surface area contributed by atoms with Crippen LogP contribution in [-0.4, -0.2) is 42.1 Å². The predicted octanol–water partition coefficient (Wildman–Crippen LogP) is 2.01. The second kappa shape index (κ2) is 5.94. The molecular formula is C11H20N4S. The van der Waals surface area contributed by atoms with Crippen molar-refractivity contribution in [2.45, 2.75) is 19.9 Å². The van der Waals surface area contributed by atoms with Gasteiger partial charge >= 0.3 is 0 Å². The Kier molecular flexibility index (Phi) is 4.86. The first-order valence-corrected chi connectivity index (χ1v) is 6.72. The highest BCUT2D eigenvalue weighted by molar-refractivity contribution is 7.98. The van der Waals surface area contributed by atoms with E-state index in [2.05, 4.69) is 40.4 Å². The van der Waals surface area contributed by atoms with E-state index in [0.717, 1.165) is 17.1 Å². The van der Waals surface area contributed by atoms with Crippen molar-refractivity contribution in [2.24, 2.45) is 0 Å². The maximum absolute atomic E-state index is 4.49. The van der Waals surface area contributed by atoms with Crippen LogP contribution in [-0.2, 0) is 0 Å². The molecule has 0 bridgehead atoms. The van der Waals surface area contributed by atoms with Crippen molar-refractivity contribution in [3.05, 3.63) is 11.8 Å². The van der Waals surface area contributed by atoms with Crippen LogP contribution in [0.2, 0.25) is 0 Å². The third-order valence-electron chi connectivity index (χ3n) is 2.57. The van der Waals surface area contributed by atoms with E-state index in [4.69, 9.17) is 0 Å². The molecule has 1 aromatic rings. The minimum absolute atomic E-state index is 0.466. The lowest BCUT2D eigenvalue weighted by atomic mass is 10.3. The maximum Gasteiger partial charge on any atom is 0.224 e. The highest BCUT2D eigenvalue weighted by Crippen LogP contribution is 2.19. The molecule has 0 saturated carbocycles. The summed E-state index contributed by atoms with van der Waals surface area (Å²) in [4.78, 5) is 10.9. The average molecular weight is 240 g/mol. The normalized spacial score (nSPS) is 12.3. The van der Waals surface area contributed by atoms with Crippen molar-refractivity contribution in [3.63, 3.8) is 0 Å². The molecule has 16 heavy (non-hydrogen) atoms. The molecule has 0 saturated heterocycles. The van der Waals surface area contributed by atoms with Gasteiger partial charge in [0, 0.05) is 37.7 Å². The summed E-state index contributed by atoms with van der Waals surface area (Å²) in [6.45, 7) is 4.24. The van der Waals surface area contributed by atoms with Crippen LogP contribution in [0.25, 0.3) is 0 Å². The van der Waals surface area contributed by atoms with Gasteiger partial charge in [-0.25, -0.2) is 4.98 Å². The third-order valence-corrected chi connectivity index (χ3v) is 3.39. The number of nitrogens with zero attached hydrogens (tertiary/aromatic N) is 3. The van der Waals surface area contributed by atoms with Gasteiger partial charge in [-0.1, -0.05) is 0 Å². The molecule has 1 atom stereocenters. The summed E-state index contributed by atoms with van der Waals surface area (Å²) < 4.78 is 0. The number of hydrogen-bond donors (Lipinski definition) is 1. The van der Waals surface area contributed by atoms with Gasteiger partial charge in [-0.3, -0.25) is 0 Å². The number of aromatic nitrogens is 2. The molecule has 0 aromatic carbocycles. The Balaban J connectivity index is 2.92. The van der Waals surface area contributed by atoms with E-state index in [1.54, 1.807) is 0 Å². The second-order valence-electron chi connectivity index (χ2n) is 3.87. The van der Waals surface area contributed by atoms with Crippen LogP contribution in [0.3, 0.4) is 0 Å². The minimum Gasteiger partial charge on any atom is -0.357 e. The zero-order valence-electron chi connectivity index (χ0n) is 10.6. The number of anilines is 2. The summed E-state index contributed by atoms with van der Waals surface area (Å²) in [5.74, 6) is 2.76. The molecule has 0 amide bonds. The summed E-state index contributed by atoms with van der Waals surface area (Å²) in [6, 6.07) is 0.466. The molecule has 0 radical (unpaired) electrons. The van der Waals surface area contributed by atoms with Crippen LogP contribution in [0.15, 0.2) is 6.20 Å². The first kappa shape index (κ1) is 13.1. The maximum atomic E-state index is 4.49. The second-order valence-corrected chi connectivity index (χ2v) is 4.78. The van der Waals surface area contributed by atoms with Gasteiger partial charge in [0.1, 0.15) is 5.82 Å². The largest absolute Gasteiger partial charge is 0.357 e. The number of hydrogen-bond acceptors (Lipinski definition) is 5. The Hall–Kier alpha value is -0.970. The standard InChI is InChI=1S/C11H20N4S/c1-8-6-13-11(12-3)14-10(8)15(4)9(2)7-16-5/h6,9H,7H2,1-5H3,(H,12,13,14). The van der Waals surface area contributed by atoms with Gasteiger partial charge in [-0.2, -0.15) is 16.7 Å². The molecule has 1 N–H and O–H groups in total. The average Bonchev–Trinajstić information content (AvgIpc) is 2.29. The molecule has 4 nitrogen and oxygen atoms in total. The van der Waals surface area contributed by atoms with Crippen molar-refractivity contribution >= 4 is 23.5 Å². The summed E-state index contributed by atoms with van der Waals surface area (Å²) in [5.41, 5.74) is 1.11. The summed E-state index contributed by atoms with van der Waals surface area (Å²) >= 11 is 1.85. The molecule has 90 valence electrons. The number of rotatable bonds is 5. The lowest BCUT2D eigenvalue weighted by molar-refractivity contribution is 0.748. The van der Waals surface area contributed by atoms with Crippen LogP contribution in [0.5, 0.6) is 0 Å². The zero-order valence-corrected chi connectivity index (χ0v) is 11.4. The highest BCUT2D eigenvalue weighted by atomic mass is 32.2. The Morgan fingerprint density at radius 1 is 1.56 bits per heavy atom. The van der Waals surface area contributed by atoms with Crippen LogP contribution < -0.4 is 10.2 Å². The van der Waals surface area contributed by atoms with E-state index in [1.807, 2.05) is 31.9 Å². The Bertz CT molecular complexity index is 343. The van der Waals surface area contributed by atoms with Crippen molar-refractivity contribution < 1.29 is 0 Å². The molecule has 1 heterocycles. The van der Waals surface area contributed by atoms with Gasteiger partial charge < -0.3 is 10.2 Å². The molecule has 0 spiro atoms. The van der Waals surface area contributed by atoms with E-state index in [1.165, 1.54) is 0 Å². The van der Waals surface area contributed by atoms with Gasteiger partial charge in [0.05, 0.1) is 0 Å². The molecular weight excluding hydrogens is 220 g/mol. The number of aryl methyl sites for hydroxylation is 1. The van der Waals surface area contributed by atoms with Crippen LogP contribution in [0, 0.1) is 6.92 Å². The van der Waals surface area contributed by atoms with Gasteiger partial charge in [0.25, 0.3) is 0 Å². The van der Waals surface area contributed by atoms with E-state index in [-0.39, 0.29) is 0 Å². The van der Waals surface area contributed by atoms with Crippen LogP contribution >= 0.6 is 11.8 Å². The lowest BCUT2D eigenvalue weighted by Crippen LogP contribution is -2.32. The molecule has 0 fully saturated rings. The van der Waals surface area contributed by atoms with Crippen molar-refractivity contribution in [3.8, 4) is 0 Å². The number of nitrogens with one attached hydrogen (secondary N) is 1. The monoisotopic (exact) mass is 240 g/mol. The topological polar surface area (TPSA) is 41.1 Å². The first-order valence-electron chi connectivity index (χ1n) is 5.33. The molecule has 1 aromatic heterocycles. The SMILES string of the molecule is CNc1ncc(C)c(N(C)C(C)CSC)n1. The third kappa shape index (κ3) is 3.01. The molecule has 0 aliphatic heterocycles. The molecule has 1 unspecified atom stereocenters. The van der Waals surface area contributed by atoms with E-state index in [0.29, 0.717) is 12.0 Å². The van der Waals surface area contributed by atoms with Crippen molar-refractivity contribution in [2.75, 3.05) is 36.3 Å². The molecule has 1 rings (SSSR count). The Morgan fingerprint density at radius 2 is 2.25 bits per heavy atom. The summed E-state index contributed by atoms with van der Waals surface area (Å²) in [7, 11) is 3.91. The molecule has 0 aliphatic carbocycles. The summed E-state index contributed by atoms with van der Waals surface area (Å²) in [5, 5.41) is 2.97. The zero-order chi connectivity index (χ0) is 12.1. The van der Waals surface area contributed by atoms with Crippen molar-refractivity contribution in [1.82, 2.24) is 9.97 Å². The molecule has 5 heteroatoms. The Labute approximate surface area is 102 Å². The summed E-state index contributed by atoms with van der Waals surface area (Å²) in [6.07, 6.45) is 3.98. The Morgan fingerprint density at radius 3 is 2.81 bits per heavy atom. The first-order chi connectivity index (χ1) is 7.60. The van der Waals surface area contributed by atoms with Crippen LogP contribution in [0.4, 0.5) is 11.8 Å². The van der Waals surface area contributed by atoms with E-state index in [9.17, 15) is 0 Å². The van der Waals surface area contributed by atoms with Gasteiger partial charge in [0.15, 0.2) is 0 Å². The van der Waals surface area contributed by atoms with Gasteiger partial charge in [0.2, 0.25) is 5.95 Å². The fraction of sp³-hybridized carbons (Fsp3) is 0.636. The molecule has 0 aliphatic rings. The minimum atomic E-state index is 0.466. The van der Waals surface area contributed by atoms with Gasteiger partial charge in [-0.15, -0.1) is 0 Å². The van der Waals surface area contributed by atoms with E-state index < -0.39 is 0 Å². The quantitative estimate of drug-likeness (QED) is 0.852. The van der Waals surface area contributed by atoms with E-state index >= 15 is 0 Å². The fourth-order valence-electron chi connectivity index (χ4n) is 1.47. The fourth-order valence-corrected chi connectivity index (χ4v) is 2.18. The highest BCUT2D eigenvalue weighted by Gasteiger charge is 2.13. The van der Waals surface area contributed by atoms with Gasteiger partial charge in [-0.05, 0) is 20.1 Å². The van der Waals surface area contributed by atoms with Crippen molar-refractivity contribution in [1.29, 1.82) is 0 Å².